The molecule has 1 amide bonds. The van der Waals surface area contributed by atoms with Crippen molar-refractivity contribution < 1.29 is 28.2 Å². The number of likely N-dealkylation sites (tertiary alicyclic amines) is 1. The van der Waals surface area contributed by atoms with Crippen LogP contribution in [0, 0.1) is 5.41 Å². The van der Waals surface area contributed by atoms with Crippen molar-refractivity contribution in [3.05, 3.63) is 77.0 Å². The number of pyridine rings is 1. The van der Waals surface area contributed by atoms with Gasteiger partial charge in [-0.3, -0.25) is 14.7 Å². The smallest absolute Gasteiger partial charge is 0.384 e. The standard InChI is InChI=1S/C29H30F3N3O3/c30-29(31,32)21-3-1-18(2-4-21)16-35-12-11-28(38,27(17-35)9-10-27)22-5-7-24-19(14-22)13-20(15-33-24)23-6-8-25(36)34-26(23)37/h1-5,7,13-15,23,25,36,38H,6,8-12,16-17H2,(H,34,37)/t23-,25?,28-/m1/s1. The molecule has 9 heteroatoms. The number of rotatable bonds is 4. The van der Waals surface area contributed by atoms with E-state index in [1.165, 1.54) is 12.1 Å². The van der Waals surface area contributed by atoms with Crippen LogP contribution < -0.4 is 5.32 Å². The maximum Gasteiger partial charge on any atom is 0.416 e. The summed E-state index contributed by atoms with van der Waals surface area (Å²) in [5.74, 6) is -0.581. The summed E-state index contributed by atoms with van der Waals surface area (Å²) in [7, 11) is 0. The van der Waals surface area contributed by atoms with Gasteiger partial charge in [0.05, 0.1) is 22.6 Å². The number of carbonyl (C=O) groups excluding carboxylic acids is 1. The molecule has 2 saturated heterocycles. The molecular weight excluding hydrogens is 495 g/mol. The fourth-order valence-corrected chi connectivity index (χ4v) is 6.30. The molecule has 0 bridgehead atoms. The average molecular weight is 526 g/mol. The van der Waals surface area contributed by atoms with Crippen molar-refractivity contribution >= 4 is 16.8 Å². The Hall–Kier alpha value is -3.01. The molecule has 3 N–H and O–H groups in total. The van der Waals surface area contributed by atoms with E-state index in [1.807, 2.05) is 24.3 Å². The molecule has 200 valence electrons. The predicted molar refractivity (Wildman–Crippen MR) is 135 cm³/mol. The number of aromatic nitrogens is 1. The summed E-state index contributed by atoms with van der Waals surface area (Å²) in [6.45, 7) is 1.84. The first kappa shape index (κ1) is 25.3. The summed E-state index contributed by atoms with van der Waals surface area (Å²) in [5.41, 5.74) is 1.26. The zero-order chi connectivity index (χ0) is 26.7. The number of benzene rings is 2. The van der Waals surface area contributed by atoms with E-state index >= 15 is 0 Å². The summed E-state index contributed by atoms with van der Waals surface area (Å²) in [5, 5.41) is 25.2. The summed E-state index contributed by atoms with van der Waals surface area (Å²) in [6, 6.07) is 13.1. The number of hydrogen-bond donors (Lipinski definition) is 3. The van der Waals surface area contributed by atoms with Crippen LogP contribution in [0.5, 0.6) is 0 Å². The highest BCUT2D eigenvalue weighted by atomic mass is 19.4. The second-order valence-electron chi connectivity index (χ2n) is 11.1. The zero-order valence-electron chi connectivity index (χ0n) is 20.8. The van der Waals surface area contributed by atoms with E-state index in [-0.39, 0.29) is 17.2 Å². The molecule has 1 aliphatic carbocycles. The van der Waals surface area contributed by atoms with Crippen LogP contribution in [0.4, 0.5) is 13.2 Å². The minimum atomic E-state index is -4.35. The van der Waals surface area contributed by atoms with Crippen LogP contribution in [0.25, 0.3) is 10.9 Å². The number of piperidine rings is 2. The van der Waals surface area contributed by atoms with Gasteiger partial charge in [-0.1, -0.05) is 18.2 Å². The van der Waals surface area contributed by atoms with Crippen molar-refractivity contribution in [1.29, 1.82) is 0 Å². The quantitative estimate of drug-likeness (QED) is 0.469. The van der Waals surface area contributed by atoms with Crippen LogP contribution in [0.1, 0.15) is 60.3 Å². The minimum Gasteiger partial charge on any atom is -0.384 e. The van der Waals surface area contributed by atoms with E-state index < -0.39 is 23.6 Å². The van der Waals surface area contributed by atoms with Gasteiger partial charge in [-0.25, -0.2) is 0 Å². The highest BCUT2D eigenvalue weighted by molar-refractivity contribution is 5.87. The van der Waals surface area contributed by atoms with Crippen LogP contribution in [-0.2, 0) is 23.1 Å². The van der Waals surface area contributed by atoms with Crippen molar-refractivity contribution in [2.75, 3.05) is 13.1 Å². The number of fused-ring (bicyclic) bond motifs is 1. The molecule has 1 unspecified atom stereocenters. The molecule has 3 aliphatic rings. The normalized spacial score (nSPS) is 27.4. The lowest BCUT2D eigenvalue weighted by molar-refractivity contribution is -0.137. The molecule has 2 aliphatic heterocycles. The van der Waals surface area contributed by atoms with Crippen molar-refractivity contribution in [2.45, 2.75) is 62.6 Å². The number of alkyl halides is 3. The summed E-state index contributed by atoms with van der Waals surface area (Å²) in [4.78, 5) is 19.2. The number of carbonyl (C=O) groups is 1. The van der Waals surface area contributed by atoms with Gasteiger partial charge in [-0.05, 0) is 79.1 Å². The topological polar surface area (TPSA) is 85.7 Å². The van der Waals surface area contributed by atoms with Crippen LogP contribution in [-0.4, -0.2) is 45.3 Å². The van der Waals surface area contributed by atoms with Gasteiger partial charge in [0, 0.05) is 36.6 Å². The van der Waals surface area contributed by atoms with Gasteiger partial charge in [0.25, 0.3) is 0 Å². The number of aliphatic hydroxyl groups excluding tert-OH is 1. The second-order valence-corrected chi connectivity index (χ2v) is 11.1. The second kappa shape index (κ2) is 9.03. The van der Waals surface area contributed by atoms with Crippen LogP contribution in [0.2, 0.25) is 0 Å². The molecular formula is C29H30F3N3O3. The Morgan fingerprint density at radius 3 is 2.50 bits per heavy atom. The van der Waals surface area contributed by atoms with E-state index in [4.69, 9.17) is 0 Å². The van der Waals surface area contributed by atoms with Gasteiger partial charge in [-0.15, -0.1) is 0 Å². The molecule has 38 heavy (non-hydrogen) atoms. The lowest BCUT2D eigenvalue weighted by Gasteiger charge is -2.46. The predicted octanol–water partition coefficient (Wildman–Crippen LogP) is 4.44. The van der Waals surface area contributed by atoms with Crippen LogP contribution >= 0.6 is 0 Å². The highest BCUT2D eigenvalue weighted by Crippen LogP contribution is 2.62. The van der Waals surface area contributed by atoms with Crippen LogP contribution in [0.3, 0.4) is 0 Å². The molecule has 6 nitrogen and oxygen atoms in total. The Kier molecular flexibility index (Phi) is 6.01. The average Bonchev–Trinajstić information content (AvgIpc) is 3.66. The fourth-order valence-electron chi connectivity index (χ4n) is 6.30. The van der Waals surface area contributed by atoms with E-state index in [2.05, 4.69) is 15.2 Å². The van der Waals surface area contributed by atoms with Crippen molar-refractivity contribution in [1.82, 2.24) is 15.2 Å². The van der Waals surface area contributed by atoms with Crippen molar-refractivity contribution in [3.63, 3.8) is 0 Å². The molecule has 0 radical (unpaired) electrons. The molecule has 3 atom stereocenters. The van der Waals surface area contributed by atoms with Crippen molar-refractivity contribution in [2.24, 2.45) is 5.41 Å². The van der Waals surface area contributed by atoms with E-state index in [0.29, 0.717) is 38.9 Å². The van der Waals surface area contributed by atoms with Crippen LogP contribution in [0.15, 0.2) is 54.7 Å². The summed E-state index contributed by atoms with van der Waals surface area (Å²) < 4.78 is 38.7. The fraction of sp³-hybridized carbons (Fsp3) is 0.448. The Morgan fingerprint density at radius 2 is 1.82 bits per heavy atom. The van der Waals surface area contributed by atoms with Gasteiger partial charge in [0.2, 0.25) is 5.91 Å². The van der Waals surface area contributed by atoms with Crippen molar-refractivity contribution in [3.8, 4) is 0 Å². The lowest BCUT2D eigenvalue weighted by Crippen LogP contribution is -2.51. The first-order valence-electron chi connectivity index (χ1n) is 13.1. The SMILES string of the molecule is O=C1NC(O)CC[C@@H]1c1cnc2ccc([C@]3(O)CCN(Cc4ccc(C(F)(F)F)cc4)CC34CC4)cc2c1. The van der Waals surface area contributed by atoms with Gasteiger partial charge >= 0.3 is 6.18 Å². The minimum absolute atomic E-state index is 0.211. The van der Waals surface area contributed by atoms with E-state index in [1.54, 1.807) is 6.20 Å². The number of nitrogens with zero attached hydrogens (tertiary/aromatic N) is 2. The maximum atomic E-state index is 12.9. The van der Waals surface area contributed by atoms with Gasteiger partial charge in [-0.2, -0.15) is 13.2 Å². The third kappa shape index (κ3) is 4.46. The number of nitrogens with one attached hydrogen (secondary N) is 1. The molecule has 6 rings (SSSR count). The third-order valence-corrected chi connectivity index (χ3v) is 8.67. The Morgan fingerprint density at radius 1 is 1.05 bits per heavy atom. The van der Waals surface area contributed by atoms with E-state index in [9.17, 15) is 28.2 Å². The van der Waals surface area contributed by atoms with Gasteiger partial charge < -0.3 is 15.5 Å². The highest BCUT2D eigenvalue weighted by Gasteiger charge is 2.61. The first-order chi connectivity index (χ1) is 18.1. The molecule has 3 fully saturated rings. The summed E-state index contributed by atoms with van der Waals surface area (Å²) >= 11 is 0. The third-order valence-electron chi connectivity index (χ3n) is 8.67. The molecule has 1 saturated carbocycles. The van der Waals surface area contributed by atoms with Gasteiger partial charge in [0.15, 0.2) is 0 Å². The van der Waals surface area contributed by atoms with Gasteiger partial charge in [0.1, 0.15) is 6.23 Å². The number of aliphatic hydroxyl groups is 2. The number of halogens is 3. The van der Waals surface area contributed by atoms with E-state index in [0.717, 1.165) is 52.6 Å². The summed E-state index contributed by atoms with van der Waals surface area (Å²) in [6.07, 6.45) is -0.133. The first-order valence-corrected chi connectivity index (χ1v) is 13.1. The molecule has 1 spiro atoms. The number of hydrogen-bond acceptors (Lipinski definition) is 5. The molecule has 3 aromatic rings. The monoisotopic (exact) mass is 525 g/mol. The number of amides is 1. The zero-order valence-corrected chi connectivity index (χ0v) is 20.8. The lowest BCUT2D eigenvalue weighted by atomic mass is 9.73. The Labute approximate surface area is 218 Å². The molecule has 3 heterocycles. The Balaban J connectivity index is 1.22. The largest absolute Gasteiger partial charge is 0.416 e. The molecule has 1 aromatic heterocycles. The Bertz CT molecular complexity index is 1370. The maximum absolute atomic E-state index is 12.9. The molecule has 2 aromatic carbocycles.